The number of anilines is 1. The van der Waals surface area contributed by atoms with E-state index in [1.54, 1.807) is 37.3 Å². The molecular formula is C32H38ClN3O6S. The number of ether oxygens (including phenoxy) is 3. The fraction of sp³-hybridized carbons (Fsp3) is 0.375. The van der Waals surface area contributed by atoms with Crippen LogP contribution in [0.2, 0.25) is 0 Å². The van der Waals surface area contributed by atoms with Crippen LogP contribution in [0.3, 0.4) is 0 Å². The van der Waals surface area contributed by atoms with Gasteiger partial charge in [0.2, 0.25) is 4.93 Å². The molecule has 1 fully saturated rings. The topological polar surface area (TPSA) is 91.8 Å². The summed E-state index contributed by atoms with van der Waals surface area (Å²) in [6.07, 6.45) is -0.756. The molecule has 2 heterocycles. The number of hydrogen-bond donors (Lipinski definition) is 1. The third kappa shape index (κ3) is 7.17. The van der Waals surface area contributed by atoms with E-state index in [0.29, 0.717) is 30.2 Å². The summed E-state index contributed by atoms with van der Waals surface area (Å²) in [5.74, 6) is 0.879. The number of likely N-dealkylation sites (N-methyl/N-ethyl adjacent to an activating group) is 1. The molecule has 0 aromatic heterocycles. The summed E-state index contributed by atoms with van der Waals surface area (Å²) in [7, 11) is 4.81. The van der Waals surface area contributed by atoms with Crippen molar-refractivity contribution < 1.29 is 28.9 Å². The molecule has 0 saturated carbocycles. The van der Waals surface area contributed by atoms with Crippen LogP contribution in [0.1, 0.15) is 15.9 Å². The third-order valence-electron chi connectivity index (χ3n) is 7.72. The van der Waals surface area contributed by atoms with Crippen molar-refractivity contribution in [2.24, 2.45) is 0 Å². The van der Waals surface area contributed by atoms with E-state index in [-0.39, 0.29) is 30.7 Å². The first kappa shape index (κ1) is 32.8. The number of amides is 1. The predicted molar refractivity (Wildman–Crippen MR) is 170 cm³/mol. The lowest BCUT2D eigenvalue weighted by Gasteiger charge is -2.40. The quantitative estimate of drug-likeness (QED) is 0.318. The minimum atomic E-state index is -1.40. The van der Waals surface area contributed by atoms with Crippen molar-refractivity contribution in [1.29, 1.82) is 0 Å². The van der Waals surface area contributed by atoms with Crippen LogP contribution in [0.5, 0.6) is 11.5 Å². The molecule has 5 rings (SSSR count). The normalized spacial score (nSPS) is 19.7. The maximum atomic E-state index is 13.8. The van der Waals surface area contributed by atoms with E-state index in [9.17, 15) is 14.7 Å². The Bertz CT molecular complexity index is 1400. The molecule has 2 aliphatic heterocycles. The Balaban J connectivity index is 0.00000423. The lowest BCUT2D eigenvalue weighted by molar-refractivity contribution is -0.131. The molecule has 0 aliphatic carbocycles. The molecule has 1 saturated heterocycles. The largest absolute Gasteiger partial charge is 0.497 e. The predicted octanol–water partition coefficient (Wildman–Crippen LogP) is 3.93. The number of fused-ring (bicyclic) bond motifs is 1. The van der Waals surface area contributed by atoms with Gasteiger partial charge in [0.15, 0.2) is 5.78 Å². The number of carbonyl (C=O) groups excluding carboxylic acids is 2. The summed E-state index contributed by atoms with van der Waals surface area (Å²) in [6.45, 7) is 3.86. The first-order chi connectivity index (χ1) is 20.3. The zero-order chi connectivity index (χ0) is 29.7. The lowest BCUT2D eigenvalue weighted by Crippen LogP contribution is -2.50. The van der Waals surface area contributed by atoms with Gasteiger partial charge in [0.25, 0.3) is 5.91 Å². The summed E-state index contributed by atoms with van der Waals surface area (Å²) in [6, 6.07) is 22.3. The van der Waals surface area contributed by atoms with Gasteiger partial charge >= 0.3 is 0 Å². The number of thioether (sulfide) groups is 1. The van der Waals surface area contributed by atoms with Crippen LogP contribution in [-0.4, -0.2) is 99.8 Å². The Kier molecular flexibility index (Phi) is 11.1. The van der Waals surface area contributed by atoms with Gasteiger partial charge in [0, 0.05) is 62.9 Å². The van der Waals surface area contributed by atoms with Crippen LogP contribution in [0.15, 0.2) is 77.7 Å². The number of piperazine rings is 1. The summed E-state index contributed by atoms with van der Waals surface area (Å²) >= 11 is 1.32. The Labute approximate surface area is 263 Å². The zero-order valence-electron chi connectivity index (χ0n) is 24.6. The van der Waals surface area contributed by atoms with Crippen LogP contribution in [-0.2, 0) is 14.5 Å². The molecule has 0 bridgehead atoms. The van der Waals surface area contributed by atoms with Gasteiger partial charge in [-0.3, -0.25) is 19.4 Å². The minimum absolute atomic E-state index is 0. The molecule has 0 spiro atoms. The van der Waals surface area contributed by atoms with Crippen LogP contribution in [0.25, 0.3) is 0 Å². The maximum Gasteiger partial charge on any atom is 0.274 e. The Morgan fingerprint density at radius 3 is 2.35 bits per heavy atom. The van der Waals surface area contributed by atoms with Gasteiger partial charge in [-0.25, -0.2) is 0 Å². The number of Topliss-reactive ketones (excluding diaryl/α,β-unsaturated/α-hetero) is 1. The first-order valence-electron chi connectivity index (χ1n) is 14.0. The Hall–Kier alpha value is -3.12. The summed E-state index contributed by atoms with van der Waals surface area (Å²) in [5.41, 5.74) is 2.06. The first-order valence-corrected chi connectivity index (χ1v) is 14.8. The van der Waals surface area contributed by atoms with E-state index in [1.165, 1.54) is 18.9 Å². The van der Waals surface area contributed by atoms with E-state index < -0.39 is 11.0 Å². The maximum absolute atomic E-state index is 13.8. The highest BCUT2D eigenvalue weighted by Gasteiger charge is 2.50. The number of hydrogen-bond acceptors (Lipinski definition) is 9. The van der Waals surface area contributed by atoms with Crippen molar-refractivity contribution in [3.63, 3.8) is 0 Å². The second-order valence-electron chi connectivity index (χ2n) is 10.4. The van der Waals surface area contributed by atoms with Gasteiger partial charge in [-0.1, -0.05) is 54.2 Å². The Morgan fingerprint density at radius 2 is 1.65 bits per heavy atom. The van der Waals surface area contributed by atoms with Crippen LogP contribution in [0, 0.1) is 0 Å². The number of carbonyl (C=O) groups is 2. The average Bonchev–Trinajstić information content (AvgIpc) is 3.03. The van der Waals surface area contributed by atoms with Gasteiger partial charge in [-0.2, -0.15) is 0 Å². The van der Waals surface area contributed by atoms with E-state index in [0.717, 1.165) is 42.3 Å². The number of benzene rings is 3. The fourth-order valence-electron chi connectivity index (χ4n) is 5.36. The van der Waals surface area contributed by atoms with Crippen molar-refractivity contribution in [3.8, 4) is 11.5 Å². The van der Waals surface area contributed by atoms with Gasteiger partial charge in [-0.15, -0.1) is 12.4 Å². The fourth-order valence-corrected chi connectivity index (χ4v) is 6.71. The monoisotopic (exact) mass is 627 g/mol. The molecular weight excluding hydrogens is 590 g/mol. The number of methoxy groups -OCH3 is 2. The summed E-state index contributed by atoms with van der Waals surface area (Å²) in [4.78, 5) is 31.8. The standard InChI is InChI=1S/C32H37N3O6S.ClH/c1-33-27-11-7-8-12-30(27)42-32(40-3,31(33)38)26-19-25(39-2)13-14-29(26)41-22-24(36)20-34-15-17-35(18-16-34)21-28(37)23-9-5-4-6-10-23;/h4-14,19,24,36H,15-18,20-22H2,1-3H3;1H. The number of aliphatic hydroxyl groups excluding tert-OH is 1. The third-order valence-corrected chi connectivity index (χ3v) is 9.14. The number of para-hydroxylation sites is 1. The number of aliphatic hydroxyl groups is 1. The second-order valence-corrected chi connectivity index (χ2v) is 11.7. The number of nitrogens with zero attached hydrogens (tertiary/aromatic N) is 3. The summed E-state index contributed by atoms with van der Waals surface area (Å²) in [5, 5.41) is 10.9. The second kappa shape index (κ2) is 14.6. The van der Waals surface area contributed by atoms with E-state index in [1.807, 2.05) is 54.6 Å². The SMILES string of the molecule is COc1ccc(OCC(O)CN2CCN(CC(=O)c3ccccc3)CC2)c(C2(OC)Sc3ccccc3N(C)C2=O)c1.Cl. The minimum Gasteiger partial charge on any atom is -0.497 e. The van der Waals surface area contributed by atoms with Crippen molar-refractivity contribution in [1.82, 2.24) is 9.80 Å². The molecule has 3 aromatic carbocycles. The van der Waals surface area contributed by atoms with E-state index in [2.05, 4.69) is 9.80 Å². The van der Waals surface area contributed by atoms with Crippen LogP contribution in [0.4, 0.5) is 5.69 Å². The molecule has 2 atom stereocenters. The number of halogens is 1. The lowest BCUT2D eigenvalue weighted by atomic mass is 10.0. The van der Waals surface area contributed by atoms with Gasteiger partial charge < -0.3 is 24.2 Å². The molecule has 9 nitrogen and oxygen atoms in total. The number of rotatable bonds is 11. The average molecular weight is 628 g/mol. The number of β-amino-alcohol motifs (C(OH)–C–C–N with tert-alkyl or cyclic N) is 1. The van der Waals surface area contributed by atoms with Crippen LogP contribution < -0.4 is 14.4 Å². The number of ketones is 1. The highest BCUT2D eigenvalue weighted by molar-refractivity contribution is 8.01. The van der Waals surface area contributed by atoms with Crippen molar-refractivity contribution in [3.05, 3.63) is 83.9 Å². The molecule has 43 heavy (non-hydrogen) atoms. The van der Waals surface area contributed by atoms with Gasteiger partial charge in [-0.05, 0) is 30.3 Å². The molecule has 230 valence electrons. The molecule has 1 amide bonds. The van der Waals surface area contributed by atoms with Crippen molar-refractivity contribution >= 4 is 41.5 Å². The Morgan fingerprint density at radius 1 is 0.977 bits per heavy atom. The highest BCUT2D eigenvalue weighted by atomic mass is 35.5. The van der Waals surface area contributed by atoms with Gasteiger partial charge in [0.1, 0.15) is 24.2 Å². The summed E-state index contributed by atoms with van der Waals surface area (Å²) < 4.78 is 17.6. The zero-order valence-corrected chi connectivity index (χ0v) is 26.2. The van der Waals surface area contributed by atoms with E-state index >= 15 is 0 Å². The molecule has 2 unspecified atom stereocenters. The molecule has 1 N–H and O–H groups in total. The van der Waals surface area contributed by atoms with Gasteiger partial charge in [0.05, 0.1) is 19.3 Å². The molecule has 11 heteroatoms. The van der Waals surface area contributed by atoms with Crippen molar-refractivity contribution in [2.75, 3.05) is 72.0 Å². The highest BCUT2D eigenvalue weighted by Crippen LogP contribution is 2.53. The molecule has 2 aliphatic rings. The van der Waals surface area contributed by atoms with Crippen molar-refractivity contribution in [2.45, 2.75) is 15.9 Å². The van der Waals surface area contributed by atoms with Crippen LogP contribution >= 0.6 is 24.2 Å². The molecule has 3 aromatic rings. The van der Waals surface area contributed by atoms with E-state index in [4.69, 9.17) is 14.2 Å². The molecule has 0 radical (unpaired) electrons. The smallest absolute Gasteiger partial charge is 0.274 e.